The third-order valence-corrected chi connectivity index (χ3v) is 10.7. The van der Waals surface area contributed by atoms with Gasteiger partial charge < -0.3 is 14.4 Å². The number of hydrogen-bond acceptors (Lipinski definition) is 7. The largest absolute Gasteiger partial charge is 0.472 e. The first-order valence-electron chi connectivity index (χ1n) is 23.9. The molecule has 344 valence electrons. The summed E-state index contributed by atoms with van der Waals surface area (Å²) in [5.74, 6) is -0.872. The Hall–Kier alpha value is -2.77. The maximum Gasteiger partial charge on any atom is 0.472 e. The van der Waals surface area contributed by atoms with Crippen molar-refractivity contribution < 1.29 is 37.6 Å². The second-order valence-electron chi connectivity index (χ2n) is 15.4. The Balaban J connectivity index is 4.09. The van der Waals surface area contributed by atoms with E-state index < -0.39 is 26.5 Å². The Bertz CT molecular complexity index is 1250. The summed E-state index contributed by atoms with van der Waals surface area (Å²) in [6.45, 7) is 5.28. The highest BCUT2D eigenvalue weighted by Gasteiger charge is 2.25. The van der Waals surface area contributed by atoms with Crippen LogP contribution >= 0.6 is 7.82 Å². The third-order valence-electron chi connectivity index (χ3n) is 9.69. The van der Waals surface area contributed by atoms with E-state index in [0.29, 0.717) is 12.8 Å². The van der Waals surface area contributed by atoms with E-state index in [4.69, 9.17) is 18.5 Å². The molecule has 0 rings (SSSR count). The topological polar surface area (TPSA) is 108 Å². The molecule has 0 bridgehead atoms. The molecule has 0 aliphatic carbocycles. The third kappa shape index (κ3) is 44.8. The molecule has 0 aromatic rings. The summed E-state index contributed by atoms with van der Waals surface area (Å²) in [6.07, 6.45) is 59.4. The molecule has 2 atom stereocenters. The van der Waals surface area contributed by atoms with Gasteiger partial charge in [-0.2, -0.15) is 0 Å². The lowest BCUT2D eigenvalue weighted by Crippen LogP contribution is -2.29. The number of carbonyl (C=O) groups is 2. The van der Waals surface area contributed by atoms with Crippen LogP contribution in [0.4, 0.5) is 0 Å². The summed E-state index contributed by atoms with van der Waals surface area (Å²) in [7, 11) is -4.30. The SMILES string of the molecule is CC/C=C\C/C=C\C/C=C\C/C=C\C/C=C\CCCC(=O)OC(COC(=O)CCCCCCCCCCCCC/C=C\C/C=C\CCCCCCC)COP(=O)(O)OCC. The minimum Gasteiger partial charge on any atom is -0.462 e. The fraction of sp³-hybridized carbons (Fsp3) is 0.686. The zero-order valence-corrected chi connectivity index (χ0v) is 39.2. The molecule has 60 heavy (non-hydrogen) atoms. The number of unbranched alkanes of at least 4 members (excludes halogenated alkanes) is 17. The summed E-state index contributed by atoms with van der Waals surface area (Å²) >= 11 is 0. The molecule has 0 aromatic heterocycles. The molecule has 0 aromatic carbocycles. The molecule has 0 spiro atoms. The van der Waals surface area contributed by atoms with E-state index >= 15 is 0 Å². The van der Waals surface area contributed by atoms with Gasteiger partial charge in [-0.05, 0) is 90.4 Å². The lowest BCUT2D eigenvalue weighted by Gasteiger charge is -2.19. The number of ether oxygens (including phenoxy) is 2. The van der Waals surface area contributed by atoms with Crippen LogP contribution in [0.15, 0.2) is 85.1 Å². The standard InChI is InChI=1S/C51H87O8P/c1-4-7-9-11-13-15-17-19-21-23-24-25-26-27-28-30-31-33-35-37-39-41-43-45-50(52)56-47-49(48-58-60(54,55)57-6-3)59-51(53)46-44-42-40-38-36-34-32-29-22-20-18-16-14-12-10-8-5-2/h8,10,14,16-17,19-20,22-24,32,34,38,40,49H,4-7,9,11-13,15,18,21,25-31,33,35-37,39,41-48H2,1-3H3,(H,54,55)/b10-8-,16-14-,19-17-,22-20-,24-23-,34-32-,40-38-. The maximum atomic E-state index is 12.6. The van der Waals surface area contributed by atoms with E-state index in [0.717, 1.165) is 57.8 Å². The Morgan fingerprint density at radius 3 is 1.33 bits per heavy atom. The molecule has 0 saturated carbocycles. The molecule has 0 aliphatic heterocycles. The first-order valence-corrected chi connectivity index (χ1v) is 25.4. The van der Waals surface area contributed by atoms with Crippen molar-refractivity contribution in [1.82, 2.24) is 0 Å². The molecule has 2 unspecified atom stereocenters. The van der Waals surface area contributed by atoms with E-state index in [-0.39, 0.29) is 32.0 Å². The van der Waals surface area contributed by atoms with E-state index in [1.165, 1.54) is 96.3 Å². The van der Waals surface area contributed by atoms with Crippen molar-refractivity contribution in [1.29, 1.82) is 0 Å². The number of phosphoric ester groups is 1. The molecular weight excluding hydrogens is 772 g/mol. The summed E-state index contributed by atoms with van der Waals surface area (Å²) in [5, 5.41) is 0. The Kier molecular flexibility index (Phi) is 43.6. The molecule has 0 amide bonds. The van der Waals surface area contributed by atoms with Gasteiger partial charge in [0.2, 0.25) is 0 Å². The van der Waals surface area contributed by atoms with Crippen molar-refractivity contribution in [3.05, 3.63) is 85.1 Å². The number of hydrogen-bond donors (Lipinski definition) is 1. The first kappa shape index (κ1) is 57.2. The van der Waals surface area contributed by atoms with Gasteiger partial charge in [0.1, 0.15) is 6.61 Å². The zero-order chi connectivity index (χ0) is 43.9. The Labute approximate surface area is 367 Å². The highest BCUT2D eigenvalue weighted by Crippen LogP contribution is 2.43. The fourth-order valence-electron chi connectivity index (χ4n) is 6.22. The smallest absolute Gasteiger partial charge is 0.462 e. The number of esters is 2. The van der Waals surface area contributed by atoms with E-state index in [1.54, 1.807) is 6.92 Å². The minimum absolute atomic E-state index is 0.0146. The van der Waals surface area contributed by atoms with Gasteiger partial charge in [-0.1, -0.05) is 182 Å². The molecule has 0 heterocycles. The molecule has 9 heteroatoms. The lowest BCUT2D eigenvalue weighted by molar-refractivity contribution is -0.161. The van der Waals surface area contributed by atoms with Crippen molar-refractivity contribution in [2.24, 2.45) is 0 Å². The number of carbonyl (C=O) groups excluding carboxylic acids is 2. The van der Waals surface area contributed by atoms with Crippen LogP contribution in [0.5, 0.6) is 0 Å². The monoisotopic (exact) mass is 859 g/mol. The van der Waals surface area contributed by atoms with Gasteiger partial charge in [0, 0.05) is 12.8 Å². The predicted octanol–water partition coefficient (Wildman–Crippen LogP) is 15.5. The van der Waals surface area contributed by atoms with Crippen molar-refractivity contribution >= 4 is 19.8 Å². The van der Waals surface area contributed by atoms with Crippen LogP contribution in [0.3, 0.4) is 0 Å². The molecular formula is C51H87O8P. The second-order valence-corrected chi connectivity index (χ2v) is 16.8. The van der Waals surface area contributed by atoms with Crippen molar-refractivity contribution in [2.45, 2.75) is 207 Å². The van der Waals surface area contributed by atoms with Gasteiger partial charge in [-0.25, -0.2) is 4.57 Å². The highest BCUT2D eigenvalue weighted by atomic mass is 31.2. The Morgan fingerprint density at radius 2 is 0.867 bits per heavy atom. The van der Waals surface area contributed by atoms with Gasteiger partial charge in [-0.15, -0.1) is 0 Å². The predicted molar refractivity (Wildman–Crippen MR) is 253 cm³/mol. The normalized spacial score (nSPS) is 14.0. The van der Waals surface area contributed by atoms with E-state index in [2.05, 4.69) is 92.8 Å². The van der Waals surface area contributed by atoms with Crippen LogP contribution < -0.4 is 0 Å². The minimum atomic E-state index is -4.30. The van der Waals surface area contributed by atoms with Crippen molar-refractivity contribution in [2.75, 3.05) is 19.8 Å². The molecule has 8 nitrogen and oxygen atoms in total. The highest BCUT2D eigenvalue weighted by molar-refractivity contribution is 7.47. The molecule has 0 saturated heterocycles. The van der Waals surface area contributed by atoms with Crippen LogP contribution in [-0.4, -0.2) is 42.8 Å². The fourth-order valence-corrected chi connectivity index (χ4v) is 6.98. The summed E-state index contributed by atoms with van der Waals surface area (Å²) < 4.78 is 32.7. The molecule has 1 N–H and O–H groups in total. The quantitative estimate of drug-likeness (QED) is 0.0279. The summed E-state index contributed by atoms with van der Waals surface area (Å²) in [6, 6.07) is 0. The number of allylic oxidation sites excluding steroid dienone is 14. The van der Waals surface area contributed by atoms with Crippen LogP contribution in [-0.2, 0) is 32.7 Å². The number of rotatable bonds is 43. The van der Waals surface area contributed by atoms with Crippen molar-refractivity contribution in [3.8, 4) is 0 Å². The Morgan fingerprint density at radius 1 is 0.467 bits per heavy atom. The average Bonchev–Trinajstić information content (AvgIpc) is 3.23. The molecule has 0 fully saturated rings. The van der Waals surface area contributed by atoms with Gasteiger partial charge >= 0.3 is 19.8 Å². The van der Waals surface area contributed by atoms with Gasteiger partial charge in [0.15, 0.2) is 6.10 Å². The van der Waals surface area contributed by atoms with E-state index in [9.17, 15) is 19.0 Å². The van der Waals surface area contributed by atoms with Gasteiger partial charge in [-0.3, -0.25) is 18.6 Å². The lowest BCUT2D eigenvalue weighted by atomic mass is 10.0. The van der Waals surface area contributed by atoms with Crippen LogP contribution in [0, 0.1) is 0 Å². The van der Waals surface area contributed by atoms with Gasteiger partial charge in [0.25, 0.3) is 0 Å². The zero-order valence-electron chi connectivity index (χ0n) is 38.3. The molecule has 0 radical (unpaired) electrons. The summed E-state index contributed by atoms with van der Waals surface area (Å²) in [5.41, 5.74) is 0. The maximum absolute atomic E-state index is 12.6. The van der Waals surface area contributed by atoms with Gasteiger partial charge in [0.05, 0.1) is 13.2 Å². The van der Waals surface area contributed by atoms with Crippen LogP contribution in [0.25, 0.3) is 0 Å². The van der Waals surface area contributed by atoms with Crippen molar-refractivity contribution in [3.63, 3.8) is 0 Å². The second kappa shape index (κ2) is 45.7. The number of phosphoric acid groups is 1. The van der Waals surface area contributed by atoms with E-state index in [1.807, 2.05) is 6.08 Å². The van der Waals surface area contributed by atoms with Crippen LogP contribution in [0.1, 0.15) is 201 Å². The first-order chi connectivity index (χ1) is 29.3. The average molecular weight is 859 g/mol. The van der Waals surface area contributed by atoms with Crippen LogP contribution in [0.2, 0.25) is 0 Å². The molecule has 0 aliphatic rings. The summed E-state index contributed by atoms with van der Waals surface area (Å²) in [4.78, 5) is 34.8.